The van der Waals surface area contributed by atoms with E-state index < -0.39 is 0 Å². The topological polar surface area (TPSA) is 32.5 Å². The van der Waals surface area contributed by atoms with Crippen LogP contribution in [0.15, 0.2) is 24.3 Å². The number of anilines is 1. The van der Waals surface area contributed by atoms with E-state index in [1.807, 2.05) is 0 Å². The first kappa shape index (κ1) is 13.0. The second-order valence-corrected chi connectivity index (χ2v) is 4.68. The van der Waals surface area contributed by atoms with Gasteiger partial charge in [0, 0.05) is 38.8 Å². The summed E-state index contributed by atoms with van der Waals surface area (Å²) in [4.78, 5) is 4.28. The first-order chi connectivity index (χ1) is 7.54. The summed E-state index contributed by atoms with van der Waals surface area (Å²) in [5, 5.41) is 0. The van der Waals surface area contributed by atoms with E-state index >= 15 is 0 Å². The second-order valence-electron chi connectivity index (χ2n) is 4.68. The van der Waals surface area contributed by atoms with Gasteiger partial charge >= 0.3 is 0 Å². The normalized spacial score (nSPS) is 12.9. The maximum atomic E-state index is 5.81. The molecule has 0 saturated carbocycles. The van der Waals surface area contributed by atoms with E-state index in [0.29, 0.717) is 12.5 Å². The minimum absolute atomic E-state index is 0.422. The minimum Gasteiger partial charge on any atom is -0.378 e. The van der Waals surface area contributed by atoms with E-state index in [9.17, 15) is 0 Å². The van der Waals surface area contributed by atoms with Crippen molar-refractivity contribution < 1.29 is 0 Å². The molecule has 0 aliphatic carbocycles. The summed E-state index contributed by atoms with van der Waals surface area (Å²) in [6.07, 6.45) is 0. The lowest BCUT2D eigenvalue weighted by molar-refractivity contribution is 0.375. The predicted molar refractivity (Wildman–Crippen MR) is 71.1 cm³/mol. The lowest BCUT2D eigenvalue weighted by Crippen LogP contribution is -2.25. The summed E-state index contributed by atoms with van der Waals surface area (Å²) >= 11 is 0. The summed E-state index contributed by atoms with van der Waals surface area (Å²) in [6.45, 7) is 1.69. The Kier molecular flexibility index (Phi) is 4.77. The molecule has 0 aliphatic heterocycles. The fourth-order valence-electron chi connectivity index (χ4n) is 1.80. The summed E-state index contributed by atoms with van der Waals surface area (Å²) in [5.74, 6) is 0.422. The average Bonchev–Trinajstić information content (AvgIpc) is 2.25. The lowest BCUT2D eigenvalue weighted by atomic mass is 9.98. The zero-order valence-corrected chi connectivity index (χ0v) is 10.8. The van der Waals surface area contributed by atoms with Crippen molar-refractivity contribution in [1.82, 2.24) is 4.90 Å². The third kappa shape index (κ3) is 3.51. The molecule has 0 amide bonds. The monoisotopic (exact) mass is 221 g/mol. The maximum Gasteiger partial charge on any atom is 0.0361 e. The van der Waals surface area contributed by atoms with Crippen LogP contribution in [-0.4, -0.2) is 46.2 Å². The molecule has 90 valence electrons. The number of nitrogens with zero attached hydrogens (tertiary/aromatic N) is 2. The van der Waals surface area contributed by atoms with Crippen LogP contribution in [0.3, 0.4) is 0 Å². The van der Waals surface area contributed by atoms with Gasteiger partial charge in [-0.2, -0.15) is 0 Å². The van der Waals surface area contributed by atoms with Gasteiger partial charge in [-0.1, -0.05) is 12.1 Å². The highest BCUT2D eigenvalue weighted by atomic mass is 15.1. The molecular weight excluding hydrogens is 198 g/mol. The molecule has 0 fully saturated rings. The SMILES string of the molecule is CN(C)CC(CN)c1ccc(N(C)C)cc1. The van der Waals surface area contributed by atoms with Crippen LogP contribution >= 0.6 is 0 Å². The average molecular weight is 221 g/mol. The van der Waals surface area contributed by atoms with Crippen molar-refractivity contribution in [1.29, 1.82) is 0 Å². The smallest absolute Gasteiger partial charge is 0.0361 e. The second kappa shape index (κ2) is 5.87. The first-order valence-electron chi connectivity index (χ1n) is 5.66. The third-order valence-corrected chi connectivity index (χ3v) is 2.75. The van der Waals surface area contributed by atoms with Crippen LogP contribution in [0.25, 0.3) is 0 Å². The number of hydrogen-bond donors (Lipinski definition) is 1. The predicted octanol–water partition coefficient (Wildman–Crippen LogP) is 1.36. The van der Waals surface area contributed by atoms with Crippen molar-refractivity contribution in [2.24, 2.45) is 5.73 Å². The quantitative estimate of drug-likeness (QED) is 0.815. The van der Waals surface area contributed by atoms with Gasteiger partial charge in [-0.15, -0.1) is 0 Å². The molecule has 0 aliphatic rings. The first-order valence-corrected chi connectivity index (χ1v) is 5.66. The summed E-state index contributed by atoms with van der Waals surface area (Å²) in [7, 11) is 8.26. The fraction of sp³-hybridized carbons (Fsp3) is 0.538. The Morgan fingerprint density at radius 1 is 1.06 bits per heavy atom. The molecule has 0 saturated heterocycles. The Bertz CT molecular complexity index is 303. The number of benzene rings is 1. The summed E-state index contributed by atoms with van der Waals surface area (Å²) < 4.78 is 0. The van der Waals surface area contributed by atoms with Gasteiger partial charge in [0.25, 0.3) is 0 Å². The van der Waals surface area contributed by atoms with Crippen molar-refractivity contribution in [2.45, 2.75) is 5.92 Å². The number of rotatable bonds is 5. The van der Waals surface area contributed by atoms with Gasteiger partial charge in [0.15, 0.2) is 0 Å². The molecule has 16 heavy (non-hydrogen) atoms. The molecular formula is C13H23N3. The maximum absolute atomic E-state index is 5.81. The Balaban J connectivity index is 2.78. The molecule has 1 unspecified atom stereocenters. The van der Waals surface area contributed by atoms with Crippen LogP contribution in [0, 0.1) is 0 Å². The molecule has 1 atom stereocenters. The van der Waals surface area contributed by atoms with Gasteiger partial charge in [-0.25, -0.2) is 0 Å². The van der Waals surface area contributed by atoms with E-state index in [1.54, 1.807) is 0 Å². The van der Waals surface area contributed by atoms with E-state index in [4.69, 9.17) is 5.73 Å². The molecule has 0 radical (unpaired) electrons. The van der Waals surface area contributed by atoms with Crippen molar-refractivity contribution in [3.05, 3.63) is 29.8 Å². The fourth-order valence-corrected chi connectivity index (χ4v) is 1.80. The minimum atomic E-state index is 0.422. The molecule has 0 aromatic heterocycles. The summed E-state index contributed by atoms with van der Waals surface area (Å²) in [5.41, 5.74) is 8.36. The van der Waals surface area contributed by atoms with Crippen LogP contribution in [0.4, 0.5) is 5.69 Å². The van der Waals surface area contributed by atoms with Gasteiger partial charge in [0.2, 0.25) is 0 Å². The Morgan fingerprint density at radius 3 is 2.00 bits per heavy atom. The molecule has 1 rings (SSSR count). The van der Waals surface area contributed by atoms with Gasteiger partial charge < -0.3 is 15.5 Å². The van der Waals surface area contributed by atoms with Crippen LogP contribution < -0.4 is 10.6 Å². The van der Waals surface area contributed by atoms with Crippen LogP contribution in [0.1, 0.15) is 11.5 Å². The van der Waals surface area contributed by atoms with Crippen molar-refractivity contribution in [2.75, 3.05) is 46.2 Å². The standard InChI is InChI=1S/C13H23N3/c1-15(2)10-12(9-14)11-5-7-13(8-6-11)16(3)4/h5-8,12H,9-10,14H2,1-4H3. The lowest BCUT2D eigenvalue weighted by Gasteiger charge is -2.21. The highest BCUT2D eigenvalue weighted by Gasteiger charge is 2.10. The molecule has 3 nitrogen and oxygen atoms in total. The van der Waals surface area contributed by atoms with Crippen molar-refractivity contribution >= 4 is 5.69 Å². The Labute approximate surface area is 98.8 Å². The Morgan fingerprint density at radius 2 is 1.62 bits per heavy atom. The molecule has 0 bridgehead atoms. The van der Waals surface area contributed by atoms with E-state index in [1.165, 1.54) is 11.3 Å². The molecule has 0 heterocycles. The highest BCUT2D eigenvalue weighted by Crippen LogP contribution is 2.19. The number of likely N-dealkylation sites (N-methyl/N-ethyl adjacent to an activating group) is 1. The summed E-state index contributed by atoms with van der Waals surface area (Å²) in [6, 6.07) is 8.65. The van der Waals surface area contributed by atoms with Gasteiger partial charge in [0.05, 0.1) is 0 Å². The van der Waals surface area contributed by atoms with Gasteiger partial charge in [-0.05, 0) is 31.8 Å². The third-order valence-electron chi connectivity index (χ3n) is 2.75. The zero-order valence-electron chi connectivity index (χ0n) is 10.8. The molecule has 0 spiro atoms. The Hall–Kier alpha value is -1.06. The van der Waals surface area contributed by atoms with E-state index in [2.05, 4.69) is 62.3 Å². The van der Waals surface area contributed by atoms with Gasteiger partial charge in [0.1, 0.15) is 0 Å². The van der Waals surface area contributed by atoms with Crippen LogP contribution in [-0.2, 0) is 0 Å². The van der Waals surface area contributed by atoms with Crippen LogP contribution in [0.2, 0.25) is 0 Å². The van der Waals surface area contributed by atoms with Crippen molar-refractivity contribution in [3.8, 4) is 0 Å². The van der Waals surface area contributed by atoms with Crippen LogP contribution in [0.5, 0.6) is 0 Å². The zero-order chi connectivity index (χ0) is 12.1. The number of hydrogen-bond acceptors (Lipinski definition) is 3. The largest absolute Gasteiger partial charge is 0.378 e. The number of nitrogens with two attached hydrogens (primary N) is 1. The molecule has 2 N–H and O–H groups in total. The van der Waals surface area contributed by atoms with E-state index in [0.717, 1.165) is 6.54 Å². The highest BCUT2D eigenvalue weighted by molar-refractivity contribution is 5.46. The van der Waals surface area contributed by atoms with Gasteiger partial charge in [-0.3, -0.25) is 0 Å². The molecule has 1 aromatic carbocycles. The molecule has 1 aromatic rings. The molecule has 3 heteroatoms. The van der Waals surface area contributed by atoms with E-state index in [-0.39, 0.29) is 0 Å². The van der Waals surface area contributed by atoms with Crippen molar-refractivity contribution in [3.63, 3.8) is 0 Å².